The molecule has 3 saturated heterocycles. The van der Waals surface area contributed by atoms with Crippen molar-refractivity contribution in [2.45, 2.75) is 43.6 Å². The molecule has 2 amide bonds. The number of piperidine rings is 1. The molecule has 170 valence electrons. The zero-order valence-corrected chi connectivity index (χ0v) is 17.7. The number of aromatic nitrogens is 3. The van der Waals surface area contributed by atoms with E-state index in [1.807, 2.05) is 0 Å². The molecule has 2 aromatic heterocycles. The first kappa shape index (κ1) is 20.2. The van der Waals surface area contributed by atoms with Crippen LogP contribution in [0.3, 0.4) is 0 Å². The second kappa shape index (κ2) is 7.31. The first-order valence-corrected chi connectivity index (χ1v) is 11.0. The van der Waals surface area contributed by atoms with Gasteiger partial charge in [0.25, 0.3) is 11.8 Å². The number of halogens is 2. The van der Waals surface area contributed by atoms with Gasteiger partial charge in [-0.15, -0.1) is 0 Å². The van der Waals surface area contributed by atoms with E-state index in [1.54, 1.807) is 32.8 Å². The molecule has 3 aliphatic rings. The van der Waals surface area contributed by atoms with Gasteiger partial charge in [-0.25, -0.2) is 13.8 Å². The second-order valence-corrected chi connectivity index (χ2v) is 8.82. The van der Waals surface area contributed by atoms with Crippen LogP contribution in [-0.2, 0) is 9.53 Å². The smallest absolute Gasteiger partial charge is 0.272 e. The number of hydrogen-bond acceptors (Lipinski definition) is 5. The maximum absolute atomic E-state index is 13.8. The molecular formula is C23H21F2N5O3. The fraction of sp³-hybridized carbons (Fsp3) is 0.391. The van der Waals surface area contributed by atoms with Gasteiger partial charge in [-0.1, -0.05) is 0 Å². The van der Waals surface area contributed by atoms with Crippen molar-refractivity contribution in [3.63, 3.8) is 0 Å². The van der Waals surface area contributed by atoms with Crippen LogP contribution in [0.1, 0.15) is 47.8 Å². The van der Waals surface area contributed by atoms with E-state index in [0.29, 0.717) is 55.7 Å². The topological polar surface area (TPSA) is 80.0 Å². The largest absolute Gasteiger partial charge is 0.342 e. The van der Waals surface area contributed by atoms with Gasteiger partial charge in [0.2, 0.25) is 0 Å². The van der Waals surface area contributed by atoms with E-state index in [1.165, 1.54) is 18.3 Å². The molecule has 2 atom stereocenters. The highest BCUT2D eigenvalue weighted by atomic mass is 19.1. The van der Waals surface area contributed by atoms with E-state index < -0.39 is 29.5 Å². The van der Waals surface area contributed by atoms with Gasteiger partial charge in [0, 0.05) is 44.4 Å². The summed E-state index contributed by atoms with van der Waals surface area (Å²) < 4.78 is 35.5. The number of carbonyl (C=O) groups is 2. The van der Waals surface area contributed by atoms with Crippen molar-refractivity contribution in [2.24, 2.45) is 0 Å². The Kier molecular flexibility index (Phi) is 4.48. The van der Waals surface area contributed by atoms with Gasteiger partial charge >= 0.3 is 0 Å². The molecule has 0 saturated carbocycles. The highest BCUT2D eigenvalue weighted by Gasteiger charge is 2.58. The van der Waals surface area contributed by atoms with E-state index in [2.05, 4.69) is 9.97 Å². The van der Waals surface area contributed by atoms with Crippen molar-refractivity contribution in [1.82, 2.24) is 24.2 Å². The fourth-order valence-corrected chi connectivity index (χ4v) is 5.37. The van der Waals surface area contributed by atoms with Gasteiger partial charge in [0.1, 0.15) is 23.6 Å². The molecule has 1 spiro atoms. The molecule has 3 fully saturated rings. The van der Waals surface area contributed by atoms with Gasteiger partial charge in [-0.05, 0) is 30.5 Å². The Morgan fingerprint density at radius 1 is 1.09 bits per heavy atom. The monoisotopic (exact) mass is 453 g/mol. The summed E-state index contributed by atoms with van der Waals surface area (Å²) in [6, 6.07) is 2.97. The van der Waals surface area contributed by atoms with Gasteiger partial charge < -0.3 is 14.5 Å². The predicted octanol–water partition coefficient (Wildman–Crippen LogP) is 2.70. The number of likely N-dealkylation sites (tertiary alicyclic amines) is 1. The number of amides is 2. The lowest BCUT2D eigenvalue weighted by molar-refractivity contribution is -0.142. The molecule has 0 bridgehead atoms. The summed E-state index contributed by atoms with van der Waals surface area (Å²) in [4.78, 5) is 38.2. The number of imidazole rings is 1. The number of nitrogens with zero attached hydrogens (tertiary/aromatic N) is 5. The number of benzene rings is 1. The molecule has 0 aliphatic carbocycles. The van der Waals surface area contributed by atoms with Crippen LogP contribution in [0.2, 0.25) is 0 Å². The van der Waals surface area contributed by atoms with Crippen LogP contribution in [0.4, 0.5) is 8.78 Å². The Morgan fingerprint density at radius 3 is 2.61 bits per heavy atom. The first-order chi connectivity index (χ1) is 15.9. The van der Waals surface area contributed by atoms with Crippen LogP contribution in [0.15, 0.2) is 43.0 Å². The minimum Gasteiger partial charge on any atom is -0.342 e. The quantitative estimate of drug-likeness (QED) is 0.596. The molecule has 6 rings (SSSR count). The van der Waals surface area contributed by atoms with Crippen molar-refractivity contribution in [2.75, 3.05) is 13.1 Å². The predicted molar refractivity (Wildman–Crippen MR) is 111 cm³/mol. The SMILES string of the molecule is O=C(c1cnc2cnccn12)N1CCC2(CC1)O[C@@H]1CC[C@@H](c3cc(F)cc(F)c3)N1C2=O. The van der Waals surface area contributed by atoms with Gasteiger partial charge in [-0.2, -0.15) is 0 Å². The average Bonchev–Trinajstić information content (AvgIpc) is 3.48. The van der Waals surface area contributed by atoms with E-state index >= 15 is 0 Å². The lowest BCUT2D eigenvalue weighted by Crippen LogP contribution is -2.51. The number of carbonyl (C=O) groups excluding carboxylic acids is 2. The Labute approximate surface area is 187 Å². The maximum atomic E-state index is 13.8. The summed E-state index contributed by atoms with van der Waals surface area (Å²) in [6.07, 6.45) is 7.91. The summed E-state index contributed by atoms with van der Waals surface area (Å²) in [5, 5.41) is 0. The van der Waals surface area contributed by atoms with Crippen LogP contribution < -0.4 is 0 Å². The molecule has 10 heteroatoms. The molecule has 0 radical (unpaired) electrons. The maximum Gasteiger partial charge on any atom is 0.272 e. The van der Waals surface area contributed by atoms with Crippen molar-refractivity contribution in [3.05, 3.63) is 65.9 Å². The zero-order valence-electron chi connectivity index (χ0n) is 17.7. The number of hydrogen-bond donors (Lipinski definition) is 0. The van der Waals surface area contributed by atoms with E-state index in [0.717, 1.165) is 6.07 Å². The van der Waals surface area contributed by atoms with Crippen molar-refractivity contribution in [3.8, 4) is 0 Å². The molecule has 0 N–H and O–H groups in total. The van der Waals surface area contributed by atoms with Crippen LogP contribution >= 0.6 is 0 Å². The van der Waals surface area contributed by atoms with Crippen molar-refractivity contribution >= 4 is 17.5 Å². The first-order valence-electron chi connectivity index (χ1n) is 11.0. The Balaban J connectivity index is 1.20. The highest BCUT2D eigenvalue weighted by Crippen LogP contribution is 2.47. The van der Waals surface area contributed by atoms with Gasteiger partial charge in [-0.3, -0.25) is 19.0 Å². The number of rotatable bonds is 2. The van der Waals surface area contributed by atoms with E-state index in [4.69, 9.17) is 4.74 Å². The van der Waals surface area contributed by atoms with Crippen LogP contribution in [0.5, 0.6) is 0 Å². The van der Waals surface area contributed by atoms with Gasteiger partial charge in [0.15, 0.2) is 11.2 Å². The number of ether oxygens (including phenoxy) is 1. The zero-order chi connectivity index (χ0) is 22.7. The molecule has 1 aromatic carbocycles. The second-order valence-electron chi connectivity index (χ2n) is 8.82. The fourth-order valence-electron chi connectivity index (χ4n) is 5.37. The van der Waals surface area contributed by atoms with Crippen molar-refractivity contribution in [1.29, 1.82) is 0 Å². The summed E-state index contributed by atoms with van der Waals surface area (Å²) in [5.41, 5.74) is 0.466. The molecular weight excluding hydrogens is 432 g/mol. The van der Waals surface area contributed by atoms with Gasteiger partial charge in [0.05, 0.1) is 18.4 Å². The van der Waals surface area contributed by atoms with Crippen LogP contribution in [0, 0.1) is 11.6 Å². The molecule has 3 aliphatic heterocycles. The Morgan fingerprint density at radius 2 is 1.85 bits per heavy atom. The summed E-state index contributed by atoms with van der Waals surface area (Å²) >= 11 is 0. The third-order valence-electron chi connectivity index (χ3n) is 6.98. The molecule has 5 heterocycles. The molecule has 33 heavy (non-hydrogen) atoms. The average molecular weight is 453 g/mol. The number of fused-ring (bicyclic) bond motifs is 2. The highest BCUT2D eigenvalue weighted by molar-refractivity contribution is 5.94. The lowest BCUT2D eigenvalue weighted by Gasteiger charge is -2.37. The Hall–Kier alpha value is -3.40. The molecule has 3 aromatic rings. The van der Waals surface area contributed by atoms with E-state index in [-0.39, 0.29) is 11.8 Å². The normalized spacial score (nSPS) is 24.1. The molecule has 0 unspecified atom stereocenters. The van der Waals surface area contributed by atoms with Crippen LogP contribution in [0.25, 0.3) is 5.65 Å². The standard InChI is InChI=1S/C23H21F2N5O3/c24-15-9-14(10-16(25)11-15)17-1-2-20-30(17)22(32)23(33-20)3-6-28(7-4-23)21(31)18-12-27-19-13-26-5-8-29(18)19/h5,8-13,17,20H,1-4,6-7H2/t17-,20+/m0/s1. The minimum absolute atomic E-state index is 0.160. The summed E-state index contributed by atoms with van der Waals surface area (Å²) in [7, 11) is 0. The summed E-state index contributed by atoms with van der Waals surface area (Å²) in [5.74, 6) is -1.65. The van der Waals surface area contributed by atoms with E-state index in [9.17, 15) is 18.4 Å². The third kappa shape index (κ3) is 3.12. The minimum atomic E-state index is -1.00. The molecule has 8 nitrogen and oxygen atoms in total. The van der Waals surface area contributed by atoms with Crippen molar-refractivity contribution < 1.29 is 23.1 Å². The van der Waals surface area contributed by atoms with Crippen LogP contribution in [-0.4, -0.2) is 60.9 Å². The third-order valence-corrected chi connectivity index (χ3v) is 6.98. The lowest BCUT2D eigenvalue weighted by atomic mass is 9.89. The Bertz CT molecular complexity index is 1250. The summed E-state index contributed by atoms with van der Waals surface area (Å²) in [6.45, 7) is 0.728.